The standard InChI is InChI=1S/C26H39F2N5O5Si/c1-25(2,3)37-23(34)31(8)21-20(29-7)19(12-13-39(9,10)11)30-33(21)17-14-18(16-36-22(27)28)32(15-17)24(35)38-26(4,5)6/h17-18,22H,14-16H2,1-6,8-11H3/t17-,18+/m0/s1. The van der Waals surface area contributed by atoms with Crippen LogP contribution < -0.4 is 4.90 Å². The third-order valence-corrected chi connectivity index (χ3v) is 6.17. The lowest BCUT2D eigenvalue weighted by atomic mass is 10.2. The number of amides is 2. The van der Waals surface area contributed by atoms with Gasteiger partial charge in [0.1, 0.15) is 30.8 Å². The van der Waals surface area contributed by atoms with Crippen molar-refractivity contribution in [3.63, 3.8) is 0 Å². The molecule has 0 saturated carbocycles. The maximum absolute atomic E-state index is 13.0. The number of alkyl halides is 2. The van der Waals surface area contributed by atoms with Crippen LogP contribution in [0.25, 0.3) is 4.85 Å². The van der Waals surface area contributed by atoms with Crippen LogP contribution in [0, 0.1) is 18.0 Å². The molecule has 0 bridgehead atoms. The van der Waals surface area contributed by atoms with Crippen molar-refractivity contribution < 1.29 is 32.6 Å². The first kappa shape index (κ1) is 32.1. The van der Waals surface area contributed by atoms with Gasteiger partial charge in [-0.3, -0.25) is 9.58 Å². The molecular weight excluding hydrogens is 528 g/mol. The predicted molar refractivity (Wildman–Crippen MR) is 146 cm³/mol. The summed E-state index contributed by atoms with van der Waals surface area (Å²) in [5.74, 6) is 3.15. The van der Waals surface area contributed by atoms with Gasteiger partial charge in [0, 0.05) is 13.6 Å². The number of hydrogen-bond donors (Lipinski definition) is 0. The number of nitrogens with zero attached hydrogens (tertiary/aromatic N) is 5. The minimum Gasteiger partial charge on any atom is -0.444 e. The second-order valence-electron chi connectivity index (χ2n) is 12.4. The van der Waals surface area contributed by atoms with E-state index < -0.39 is 56.8 Å². The fourth-order valence-electron chi connectivity index (χ4n) is 3.79. The highest BCUT2D eigenvalue weighted by Gasteiger charge is 2.41. The minimum absolute atomic E-state index is 0.0291. The molecule has 0 N–H and O–H groups in total. The first-order valence-electron chi connectivity index (χ1n) is 12.6. The molecule has 0 aliphatic carbocycles. The zero-order chi connectivity index (χ0) is 29.9. The van der Waals surface area contributed by atoms with Crippen LogP contribution in [0.5, 0.6) is 0 Å². The third-order valence-electron chi connectivity index (χ3n) is 5.29. The molecule has 13 heteroatoms. The molecular formula is C26H39F2N5O5Si. The number of halogens is 2. The maximum Gasteiger partial charge on any atom is 0.414 e. The molecule has 1 aromatic rings. The van der Waals surface area contributed by atoms with E-state index in [9.17, 15) is 18.4 Å². The molecule has 1 aliphatic rings. The van der Waals surface area contributed by atoms with Crippen LogP contribution in [-0.2, 0) is 14.2 Å². The van der Waals surface area contributed by atoms with Crippen LogP contribution >= 0.6 is 0 Å². The average Bonchev–Trinajstić information content (AvgIpc) is 3.34. The topological polar surface area (TPSA) is 90.5 Å². The largest absolute Gasteiger partial charge is 0.444 e. The highest BCUT2D eigenvalue weighted by Crippen LogP contribution is 2.39. The van der Waals surface area contributed by atoms with Crippen LogP contribution in [0.1, 0.15) is 59.7 Å². The van der Waals surface area contributed by atoms with E-state index in [0.717, 1.165) is 0 Å². The van der Waals surface area contributed by atoms with Crippen molar-refractivity contribution in [3.8, 4) is 11.5 Å². The summed E-state index contributed by atoms with van der Waals surface area (Å²) in [4.78, 5) is 32.2. The lowest BCUT2D eigenvalue weighted by Crippen LogP contribution is -2.42. The summed E-state index contributed by atoms with van der Waals surface area (Å²) < 4.78 is 42.9. The zero-order valence-electron chi connectivity index (χ0n) is 24.4. The Morgan fingerprint density at radius 3 is 2.26 bits per heavy atom. The Balaban J connectivity index is 2.62. The fourth-order valence-corrected chi connectivity index (χ4v) is 4.28. The smallest absolute Gasteiger partial charge is 0.414 e. The molecule has 216 valence electrons. The number of ether oxygens (including phenoxy) is 3. The molecule has 2 rings (SSSR count). The van der Waals surface area contributed by atoms with Gasteiger partial charge in [0.25, 0.3) is 5.69 Å². The molecule has 0 spiro atoms. The van der Waals surface area contributed by atoms with Crippen LogP contribution in [0.4, 0.5) is 29.9 Å². The molecule has 2 heterocycles. The van der Waals surface area contributed by atoms with Gasteiger partial charge in [-0.15, -0.1) is 5.54 Å². The number of likely N-dealkylation sites (tertiary alicyclic amines) is 1. The van der Waals surface area contributed by atoms with Gasteiger partial charge >= 0.3 is 18.8 Å². The summed E-state index contributed by atoms with van der Waals surface area (Å²) in [5.41, 5.74) is 1.83. The van der Waals surface area contributed by atoms with E-state index in [1.165, 1.54) is 21.5 Å². The van der Waals surface area contributed by atoms with Crippen LogP contribution in [0.2, 0.25) is 19.6 Å². The van der Waals surface area contributed by atoms with E-state index in [1.807, 2.05) is 19.6 Å². The van der Waals surface area contributed by atoms with Crippen molar-refractivity contribution in [1.29, 1.82) is 0 Å². The second kappa shape index (κ2) is 11.9. The van der Waals surface area contributed by atoms with Gasteiger partial charge in [-0.2, -0.15) is 13.9 Å². The van der Waals surface area contributed by atoms with Crippen molar-refractivity contribution in [2.24, 2.45) is 0 Å². The van der Waals surface area contributed by atoms with Crippen LogP contribution in [0.3, 0.4) is 0 Å². The van der Waals surface area contributed by atoms with E-state index in [2.05, 4.69) is 26.1 Å². The molecule has 2 atom stereocenters. The number of carbonyl (C=O) groups is 2. The SMILES string of the molecule is [C-]#[N+]c1c(C#C[Si](C)(C)C)nn([C@H]2C[C@H](COC(F)F)N(C(=O)OC(C)(C)C)C2)c1N(C)C(=O)OC(C)(C)C. The maximum atomic E-state index is 13.0. The van der Waals surface area contributed by atoms with Crippen molar-refractivity contribution >= 4 is 31.8 Å². The molecule has 0 aromatic carbocycles. The van der Waals surface area contributed by atoms with Gasteiger partial charge in [0.15, 0.2) is 0 Å². The third kappa shape index (κ3) is 9.22. The van der Waals surface area contributed by atoms with E-state index in [4.69, 9.17) is 16.0 Å². The van der Waals surface area contributed by atoms with E-state index in [0.29, 0.717) is 0 Å². The summed E-state index contributed by atoms with van der Waals surface area (Å²) >= 11 is 0. The summed E-state index contributed by atoms with van der Waals surface area (Å²) in [6.45, 7) is 20.9. The number of rotatable bonds is 5. The zero-order valence-corrected chi connectivity index (χ0v) is 25.4. The molecule has 0 unspecified atom stereocenters. The average molecular weight is 568 g/mol. The number of carbonyl (C=O) groups excluding carboxylic acids is 2. The number of aromatic nitrogens is 2. The van der Waals surface area contributed by atoms with Crippen LogP contribution in [0.15, 0.2) is 0 Å². The summed E-state index contributed by atoms with van der Waals surface area (Å²) in [6.07, 6.45) is -1.23. The lowest BCUT2D eigenvalue weighted by molar-refractivity contribution is -0.138. The molecule has 1 aliphatic heterocycles. The van der Waals surface area contributed by atoms with Crippen molar-refractivity contribution in [2.45, 2.75) is 97.5 Å². The molecule has 0 radical (unpaired) electrons. The first-order chi connectivity index (χ1) is 17.7. The molecule has 39 heavy (non-hydrogen) atoms. The van der Waals surface area contributed by atoms with Gasteiger partial charge in [0.2, 0.25) is 0 Å². The van der Waals surface area contributed by atoms with Crippen molar-refractivity contribution in [1.82, 2.24) is 14.7 Å². The molecule has 1 fully saturated rings. The molecule has 1 aromatic heterocycles. The highest BCUT2D eigenvalue weighted by atomic mass is 28.3. The summed E-state index contributed by atoms with van der Waals surface area (Å²) in [7, 11) is -0.391. The molecule has 2 amide bonds. The van der Waals surface area contributed by atoms with Gasteiger partial charge < -0.3 is 19.1 Å². The van der Waals surface area contributed by atoms with E-state index in [1.54, 1.807) is 41.5 Å². The predicted octanol–water partition coefficient (Wildman–Crippen LogP) is 5.82. The molecule has 10 nitrogen and oxygen atoms in total. The Morgan fingerprint density at radius 2 is 1.77 bits per heavy atom. The quantitative estimate of drug-likeness (QED) is 0.253. The van der Waals surface area contributed by atoms with Gasteiger partial charge in [-0.1, -0.05) is 25.6 Å². The van der Waals surface area contributed by atoms with Crippen LogP contribution in [-0.4, -0.2) is 79.0 Å². The minimum atomic E-state index is -3.01. The second-order valence-corrected chi connectivity index (χ2v) is 17.1. The van der Waals surface area contributed by atoms with E-state index >= 15 is 0 Å². The van der Waals surface area contributed by atoms with E-state index in [-0.39, 0.29) is 30.2 Å². The Bertz CT molecular complexity index is 1170. The first-order valence-corrected chi connectivity index (χ1v) is 16.1. The fraction of sp³-hybridized carbons (Fsp3) is 0.692. The van der Waals surface area contributed by atoms with Crippen molar-refractivity contribution in [2.75, 3.05) is 25.1 Å². The monoisotopic (exact) mass is 567 g/mol. The number of anilines is 1. The van der Waals surface area contributed by atoms with Gasteiger partial charge in [-0.05, 0) is 48.0 Å². The Morgan fingerprint density at radius 1 is 1.18 bits per heavy atom. The Hall–Kier alpha value is -3.16. The van der Waals surface area contributed by atoms with Crippen molar-refractivity contribution in [3.05, 3.63) is 17.1 Å². The highest BCUT2D eigenvalue weighted by molar-refractivity contribution is 6.83. The summed E-state index contributed by atoms with van der Waals surface area (Å²) in [5, 5.41) is 4.60. The number of hydrogen-bond acceptors (Lipinski definition) is 6. The molecule has 1 saturated heterocycles. The van der Waals surface area contributed by atoms with Gasteiger partial charge in [-0.25, -0.2) is 14.4 Å². The Labute approximate surface area is 230 Å². The Kier molecular flexibility index (Phi) is 9.80. The lowest BCUT2D eigenvalue weighted by Gasteiger charge is -2.28. The normalized spacial score (nSPS) is 17.9. The van der Waals surface area contributed by atoms with Gasteiger partial charge in [0.05, 0.1) is 25.3 Å². The summed E-state index contributed by atoms with van der Waals surface area (Å²) in [6, 6.07) is -1.35.